The number of carbonyl (C=O) groups excluding carboxylic acids is 1. The zero-order valence-electron chi connectivity index (χ0n) is 13.1. The number of halogens is 1. The molecule has 5 nitrogen and oxygen atoms in total. The van der Waals surface area contributed by atoms with E-state index in [1.807, 2.05) is 12.1 Å². The molecular formula is C17H20FN3O2S. The van der Waals surface area contributed by atoms with Crippen molar-refractivity contribution in [2.45, 2.75) is 17.7 Å². The molecule has 0 saturated carbocycles. The molecule has 0 bridgehead atoms. The number of benzene rings is 2. The fraction of sp³-hybridized carbons (Fsp3) is 0.235. The Morgan fingerprint density at radius 2 is 1.38 bits per heavy atom. The topological polar surface area (TPSA) is 84.2 Å². The number of hydrogen-bond acceptors (Lipinski definition) is 2. The maximum atomic E-state index is 12.8. The number of nitrogens with two attached hydrogens (primary N) is 1. The van der Waals surface area contributed by atoms with Crippen molar-refractivity contribution >= 4 is 17.0 Å². The van der Waals surface area contributed by atoms with Crippen LogP contribution in [0.15, 0.2) is 53.4 Å². The number of rotatable bonds is 7. The molecule has 24 heavy (non-hydrogen) atoms. The highest BCUT2D eigenvalue weighted by molar-refractivity contribution is 7.82. The number of nitrogens with one attached hydrogen (secondary N) is 2. The summed E-state index contributed by atoms with van der Waals surface area (Å²) >= 11 is 0. The molecule has 0 radical (unpaired) electrons. The molecule has 2 rings (SSSR count). The first-order chi connectivity index (χ1) is 11.5. The van der Waals surface area contributed by atoms with Crippen LogP contribution in [-0.2, 0) is 23.8 Å². The fourth-order valence-corrected chi connectivity index (χ4v) is 2.55. The Kier molecular flexibility index (Phi) is 6.89. The molecule has 0 aromatic heterocycles. The lowest BCUT2D eigenvalue weighted by atomic mass is 10.1. The third-order valence-electron chi connectivity index (χ3n) is 3.47. The lowest BCUT2D eigenvalue weighted by molar-refractivity contribution is 0.241. The van der Waals surface area contributed by atoms with Gasteiger partial charge >= 0.3 is 6.03 Å². The Labute approximate surface area is 143 Å². The third kappa shape index (κ3) is 6.10. The van der Waals surface area contributed by atoms with Crippen molar-refractivity contribution in [2.75, 3.05) is 13.1 Å². The van der Waals surface area contributed by atoms with Gasteiger partial charge in [0.15, 0.2) is 0 Å². The molecule has 0 fully saturated rings. The van der Waals surface area contributed by atoms with Gasteiger partial charge in [0.1, 0.15) is 16.8 Å². The monoisotopic (exact) mass is 349 g/mol. The summed E-state index contributed by atoms with van der Waals surface area (Å²) in [7, 11) is -1.47. The van der Waals surface area contributed by atoms with E-state index in [0.717, 1.165) is 11.1 Å². The van der Waals surface area contributed by atoms with E-state index < -0.39 is 11.0 Å². The van der Waals surface area contributed by atoms with Gasteiger partial charge in [-0.15, -0.1) is 0 Å². The van der Waals surface area contributed by atoms with E-state index in [2.05, 4.69) is 10.6 Å². The molecule has 4 N–H and O–H groups in total. The summed E-state index contributed by atoms with van der Waals surface area (Å²) in [6.07, 6.45) is 1.31. The standard InChI is InChI=1S/C17H20FN3O2S/c18-15-5-1-13(2-6-15)9-11-20-17(22)21-12-10-14-3-7-16(8-4-14)24(19)23/h1-8H,9-12,19H2,(H2,20,21,22). The van der Waals surface area contributed by atoms with E-state index in [1.54, 1.807) is 24.3 Å². The summed E-state index contributed by atoms with van der Waals surface area (Å²) in [5, 5.41) is 10.8. The predicted octanol–water partition coefficient (Wildman–Crippen LogP) is 1.89. The van der Waals surface area contributed by atoms with Gasteiger partial charge in [-0.25, -0.2) is 18.5 Å². The second-order valence-electron chi connectivity index (χ2n) is 5.25. The van der Waals surface area contributed by atoms with E-state index in [-0.39, 0.29) is 11.8 Å². The van der Waals surface area contributed by atoms with Gasteiger partial charge in [0, 0.05) is 13.1 Å². The van der Waals surface area contributed by atoms with Crippen LogP contribution in [0, 0.1) is 5.82 Å². The van der Waals surface area contributed by atoms with Gasteiger partial charge < -0.3 is 10.6 Å². The molecule has 0 heterocycles. The van der Waals surface area contributed by atoms with Gasteiger partial charge in [0.05, 0.1) is 4.90 Å². The van der Waals surface area contributed by atoms with Crippen LogP contribution in [0.2, 0.25) is 0 Å². The minimum Gasteiger partial charge on any atom is -0.338 e. The highest BCUT2D eigenvalue weighted by Crippen LogP contribution is 2.06. The van der Waals surface area contributed by atoms with Crippen LogP contribution in [0.1, 0.15) is 11.1 Å². The highest BCUT2D eigenvalue weighted by Gasteiger charge is 2.02. The molecule has 1 atom stereocenters. The van der Waals surface area contributed by atoms with Crippen LogP contribution >= 0.6 is 0 Å². The lowest BCUT2D eigenvalue weighted by Crippen LogP contribution is -2.37. The SMILES string of the molecule is NS(=O)c1ccc(CCNC(=O)NCCc2ccc(F)cc2)cc1. The molecule has 128 valence electrons. The van der Waals surface area contributed by atoms with Crippen molar-refractivity contribution in [2.24, 2.45) is 5.14 Å². The zero-order valence-corrected chi connectivity index (χ0v) is 13.9. The normalized spacial score (nSPS) is 11.8. The number of amides is 2. The Hall–Kier alpha value is -2.25. The molecule has 7 heteroatoms. The molecule has 2 amide bonds. The summed E-state index contributed by atoms with van der Waals surface area (Å²) in [5.74, 6) is -0.268. The van der Waals surface area contributed by atoms with E-state index in [1.165, 1.54) is 12.1 Å². The van der Waals surface area contributed by atoms with Crippen molar-refractivity contribution in [1.82, 2.24) is 10.6 Å². The van der Waals surface area contributed by atoms with Gasteiger partial charge in [-0.05, 0) is 48.2 Å². The van der Waals surface area contributed by atoms with E-state index in [0.29, 0.717) is 30.8 Å². The first-order valence-electron chi connectivity index (χ1n) is 7.56. The second-order valence-corrected chi connectivity index (χ2v) is 6.32. The van der Waals surface area contributed by atoms with Crippen LogP contribution in [-0.4, -0.2) is 23.3 Å². The molecule has 0 aliphatic heterocycles. The van der Waals surface area contributed by atoms with Crippen molar-refractivity contribution in [3.05, 3.63) is 65.5 Å². The molecule has 0 saturated heterocycles. The molecule has 0 aliphatic carbocycles. The van der Waals surface area contributed by atoms with Gasteiger partial charge in [-0.1, -0.05) is 24.3 Å². The van der Waals surface area contributed by atoms with Gasteiger partial charge in [0.25, 0.3) is 0 Å². The third-order valence-corrected chi connectivity index (χ3v) is 4.20. The van der Waals surface area contributed by atoms with E-state index in [9.17, 15) is 13.4 Å². The summed E-state index contributed by atoms with van der Waals surface area (Å²) < 4.78 is 23.9. The first-order valence-corrected chi connectivity index (χ1v) is 8.77. The summed E-state index contributed by atoms with van der Waals surface area (Å²) in [4.78, 5) is 12.3. The summed E-state index contributed by atoms with van der Waals surface area (Å²) in [6.45, 7) is 0.974. The van der Waals surface area contributed by atoms with Gasteiger partial charge in [-0.3, -0.25) is 0 Å². The summed E-state index contributed by atoms with van der Waals surface area (Å²) in [6, 6.07) is 13.1. The van der Waals surface area contributed by atoms with Gasteiger partial charge in [-0.2, -0.15) is 0 Å². The Balaban J connectivity index is 1.64. The number of urea groups is 1. The van der Waals surface area contributed by atoms with Crippen molar-refractivity contribution in [1.29, 1.82) is 0 Å². The zero-order chi connectivity index (χ0) is 17.4. The smallest absolute Gasteiger partial charge is 0.314 e. The number of hydrogen-bond donors (Lipinski definition) is 3. The molecule has 0 spiro atoms. The molecular weight excluding hydrogens is 329 g/mol. The average molecular weight is 349 g/mol. The van der Waals surface area contributed by atoms with Crippen molar-refractivity contribution < 1.29 is 13.4 Å². The van der Waals surface area contributed by atoms with Crippen LogP contribution in [0.4, 0.5) is 9.18 Å². The molecule has 2 aromatic carbocycles. The Morgan fingerprint density at radius 3 is 1.83 bits per heavy atom. The van der Waals surface area contributed by atoms with Gasteiger partial charge in [0.2, 0.25) is 0 Å². The van der Waals surface area contributed by atoms with Crippen LogP contribution < -0.4 is 15.8 Å². The largest absolute Gasteiger partial charge is 0.338 e. The second kappa shape index (κ2) is 9.14. The maximum Gasteiger partial charge on any atom is 0.314 e. The van der Waals surface area contributed by atoms with Crippen LogP contribution in [0.25, 0.3) is 0 Å². The maximum absolute atomic E-state index is 12.8. The van der Waals surface area contributed by atoms with Crippen molar-refractivity contribution in [3.63, 3.8) is 0 Å². The van der Waals surface area contributed by atoms with Crippen LogP contribution in [0.5, 0.6) is 0 Å². The lowest BCUT2D eigenvalue weighted by Gasteiger charge is -2.08. The van der Waals surface area contributed by atoms with Crippen molar-refractivity contribution in [3.8, 4) is 0 Å². The Bertz CT molecular complexity index is 690. The molecule has 2 aromatic rings. The van der Waals surface area contributed by atoms with E-state index >= 15 is 0 Å². The van der Waals surface area contributed by atoms with E-state index in [4.69, 9.17) is 5.14 Å². The molecule has 0 aliphatic rings. The van der Waals surface area contributed by atoms with Crippen LogP contribution in [0.3, 0.4) is 0 Å². The predicted molar refractivity (Wildman–Crippen MR) is 92.2 cm³/mol. The molecule has 1 unspecified atom stereocenters. The quantitative estimate of drug-likeness (QED) is 0.713. The minimum absolute atomic E-state index is 0.239. The fourth-order valence-electron chi connectivity index (χ4n) is 2.14. The average Bonchev–Trinajstić information content (AvgIpc) is 2.57. The number of carbonyl (C=O) groups is 1. The highest BCUT2D eigenvalue weighted by atomic mass is 32.2. The first kappa shape index (κ1) is 18.1. The summed E-state index contributed by atoms with van der Waals surface area (Å²) in [5.41, 5.74) is 1.99. The Morgan fingerprint density at radius 1 is 0.917 bits per heavy atom. The minimum atomic E-state index is -1.47.